The summed E-state index contributed by atoms with van der Waals surface area (Å²) in [5, 5.41) is 3.34. The number of hydrogen-bond donors (Lipinski definition) is 1. The summed E-state index contributed by atoms with van der Waals surface area (Å²) in [6.07, 6.45) is -0.580. The molecule has 0 saturated carbocycles. The summed E-state index contributed by atoms with van der Waals surface area (Å²) in [7, 11) is 7.99. The van der Waals surface area contributed by atoms with Crippen molar-refractivity contribution < 1.29 is 18.0 Å². The fraction of sp³-hybridized carbons (Fsp3) is 0.424. The quantitative estimate of drug-likeness (QED) is 0.226. The van der Waals surface area contributed by atoms with Gasteiger partial charge in [-0.3, -0.25) is 4.79 Å². The molecule has 1 aliphatic rings. The fourth-order valence-corrected chi connectivity index (χ4v) is 5.36. The fourth-order valence-electron chi connectivity index (χ4n) is 5.36. The predicted molar refractivity (Wildman–Crippen MR) is 175 cm³/mol. The van der Waals surface area contributed by atoms with Crippen molar-refractivity contribution in [2.45, 2.75) is 25.9 Å². The van der Waals surface area contributed by atoms with Crippen LogP contribution < -0.4 is 15.1 Å². The zero-order valence-corrected chi connectivity index (χ0v) is 26.9. The lowest BCUT2D eigenvalue weighted by molar-refractivity contribution is -0.137. The highest BCUT2D eigenvalue weighted by Gasteiger charge is 2.32. The third-order valence-electron chi connectivity index (χ3n) is 8.16. The number of carbonyl (C=O) groups excluding carboxylic acids is 1. The van der Waals surface area contributed by atoms with Gasteiger partial charge in [0.1, 0.15) is 17.4 Å². The second kappa shape index (κ2) is 14.0. The number of ketones is 1. The molecule has 1 fully saturated rings. The second-order valence-electron chi connectivity index (χ2n) is 12.1. The normalized spacial score (nSPS) is 14.2. The van der Waals surface area contributed by atoms with Crippen LogP contribution in [0, 0.1) is 6.92 Å². The molecular formula is C33H40F3N9O. The number of halogens is 3. The van der Waals surface area contributed by atoms with Gasteiger partial charge in [0.25, 0.3) is 0 Å². The molecule has 13 heteroatoms. The Morgan fingerprint density at radius 1 is 0.978 bits per heavy atom. The Labute approximate surface area is 267 Å². The van der Waals surface area contributed by atoms with Gasteiger partial charge in [-0.15, -0.1) is 0 Å². The monoisotopic (exact) mass is 635 g/mol. The number of aryl methyl sites for hydroxylation is 1. The van der Waals surface area contributed by atoms with E-state index in [1.807, 2.05) is 63.1 Å². The van der Waals surface area contributed by atoms with Gasteiger partial charge < -0.3 is 24.9 Å². The van der Waals surface area contributed by atoms with Gasteiger partial charge in [0, 0.05) is 63.1 Å². The first-order valence-electron chi connectivity index (χ1n) is 15.3. The molecule has 0 bridgehead atoms. The highest BCUT2D eigenvalue weighted by molar-refractivity contribution is 5.99. The predicted octanol–water partition coefficient (Wildman–Crippen LogP) is 5.06. The van der Waals surface area contributed by atoms with Crippen molar-refractivity contribution >= 4 is 40.0 Å². The average Bonchev–Trinajstić information content (AvgIpc) is 3.02. The van der Waals surface area contributed by atoms with Crippen LogP contribution in [0.1, 0.15) is 33.5 Å². The van der Waals surface area contributed by atoms with Gasteiger partial charge in [0.15, 0.2) is 11.6 Å². The van der Waals surface area contributed by atoms with E-state index in [9.17, 15) is 18.0 Å². The highest BCUT2D eigenvalue weighted by atomic mass is 19.4. The maximum absolute atomic E-state index is 13.9. The first-order chi connectivity index (χ1) is 21.9. The van der Waals surface area contributed by atoms with Gasteiger partial charge in [-0.1, -0.05) is 12.1 Å². The van der Waals surface area contributed by atoms with Crippen molar-refractivity contribution in [3.63, 3.8) is 0 Å². The summed E-state index contributed by atoms with van der Waals surface area (Å²) in [4.78, 5) is 39.6. The molecular weight excluding hydrogens is 595 g/mol. The first kappa shape index (κ1) is 33.0. The standard InChI is InChI=1S/C33H40F3N9O/c1-22-7-8-23(16-29(46)24-17-25(33(34,35)36)19-26(18-24)45-13-11-43(4)12-14-45)15-27(22)40-31-30-28(38-21-39-31)20-37-32(41-30)44(5)10-6-9-42(2)3/h7-8,15,17-21H,6,9-14,16H2,1-5H3,(H,38,39,40). The Bertz CT molecular complexity index is 1690. The lowest BCUT2D eigenvalue weighted by Gasteiger charge is -2.34. The molecule has 244 valence electrons. The Hall–Kier alpha value is -4.36. The molecule has 0 atom stereocenters. The number of nitrogens with one attached hydrogen (secondary N) is 1. The molecule has 1 N–H and O–H groups in total. The molecule has 0 amide bonds. The van der Waals surface area contributed by atoms with Gasteiger partial charge in [-0.25, -0.2) is 19.9 Å². The van der Waals surface area contributed by atoms with Crippen molar-refractivity contribution in [2.75, 3.05) is 82.6 Å². The topological polar surface area (TPSA) is 93.6 Å². The molecule has 1 aliphatic heterocycles. The van der Waals surface area contributed by atoms with E-state index in [0.29, 0.717) is 52.8 Å². The number of nitrogens with zero attached hydrogens (tertiary/aromatic N) is 8. The molecule has 2 aromatic carbocycles. The third-order valence-corrected chi connectivity index (χ3v) is 8.16. The van der Waals surface area contributed by atoms with Gasteiger partial charge in [-0.2, -0.15) is 13.2 Å². The summed E-state index contributed by atoms with van der Waals surface area (Å²) in [6, 6.07) is 9.18. The molecule has 0 unspecified atom stereocenters. The summed E-state index contributed by atoms with van der Waals surface area (Å²) in [5.41, 5.74) is 3.02. The number of hydrogen-bond acceptors (Lipinski definition) is 10. The van der Waals surface area contributed by atoms with Crippen LogP contribution in [0.3, 0.4) is 0 Å². The van der Waals surface area contributed by atoms with Gasteiger partial charge in [-0.05, 0) is 76.4 Å². The zero-order valence-electron chi connectivity index (χ0n) is 26.9. The van der Waals surface area contributed by atoms with Crippen LogP contribution >= 0.6 is 0 Å². The molecule has 0 radical (unpaired) electrons. The number of alkyl halides is 3. The lowest BCUT2D eigenvalue weighted by atomic mass is 9.98. The van der Waals surface area contributed by atoms with Crippen LogP contribution in [0.25, 0.3) is 11.0 Å². The van der Waals surface area contributed by atoms with Crippen molar-refractivity contribution in [1.29, 1.82) is 0 Å². The number of likely N-dealkylation sites (N-methyl/N-ethyl adjacent to an activating group) is 1. The number of carbonyl (C=O) groups is 1. The van der Waals surface area contributed by atoms with Gasteiger partial charge in [0.05, 0.1) is 11.8 Å². The Balaban J connectivity index is 1.38. The minimum Gasteiger partial charge on any atom is -0.369 e. The summed E-state index contributed by atoms with van der Waals surface area (Å²) in [6.45, 7) is 6.30. The molecule has 2 aromatic heterocycles. The minimum absolute atomic E-state index is 0.0413. The molecule has 1 saturated heterocycles. The van der Waals surface area contributed by atoms with E-state index in [-0.39, 0.29) is 12.0 Å². The summed E-state index contributed by atoms with van der Waals surface area (Å²) >= 11 is 0. The van der Waals surface area contributed by atoms with Crippen molar-refractivity contribution in [2.24, 2.45) is 0 Å². The van der Waals surface area contributed by atoms with Crippen LogP contribution in [0.2, 0.25) is 0 Å². The summed E-state index contributed by atoms with van der Waals surface area (Å²) < 4.78 is 41.6. The van der Waals surface area contributed by atoms with Crippen LogP contribution in [-0.4, -0.2) is 103 Å². The molecule has 10 nitrogen and oxygen atoms in total. The Morgan fingerprint density at radius 3 is 2.46 bits per heavy atom. The molecule has 46 heavy (non-hydrogen) atoms. The highest BCUT2D eigenvalue weighted by Crippen LogP contribution is 2.34. The maximum atomic E-state index is 13.9. The number of anilines is 4. The van der Waals surface area contributed by atoms with E-state index >= 15 is 0 Å². The first-order valence-corrected chi connectivity index (χ1v) is 15.3. The molecule has 3 heterocycles. The van der Waals surface area contributed by atoms with E-state index in [4.69, 9.17) is 4.98 Å². The van der Waals surface area contributed by atoms with Crippen molar-refractivity contribution in [3.8, 4) is 0 Å². The van der Waals surface area contributed by atoms with Crippen molar-refractivity contribution in [1.82, 2.24) is 29.7 Å². The number of fused-ring (bicyclic) bond motifs is 1. The molecule has 0 spiro atoms. The van der Waals surface area contributed by atoms with Gasteiger partial charge >= 0.3 is 6.18 Å². The smallest absolute Gasteiger partial charge is 0.369 e. The van der Waals surface area contributed by atoms with E-state index in [2.05, 4.69) is 30.1 Å². The molecule has 5 rings (SSSR count). The van der Waals surface area contributed by atoms with Crippen molar-refractivity contribution in [3.05, 3.63) is 71.2 Å². The van der Waals surface area contributed by atoms with E-state index < -0.39 is 17.5 Å². The molecule has 0 aliphatic carbocycles. The maximum Gasteiger partial charge on any atom is 0.416 e. The van der Waals surface area contributed by atoms with Crippen LogP contribution in [0.15, 0.2) is 48.9 Å². The minimum atomic E-state index is -4.57. The molecule has 4 aromatic rings. The number of benzene rings is 2. The number of Topliss-reactive ketones (excluding diaryl/α,β-unsaturated/α-hetero) is 1. The largest absolute Gasteiger partial charge is 0.416 e. The SMILES string of the molecule is Cc1ccc(CC(=O)c2cc(N3CCN(C)CC3)cc(C(F)(F)F)c2)cc1Nc1ncnc2cnc(N(C)CCCN(C)C)nc12. The number of rotatable bonds is 11. The summed E-state index contributed by atoms with van der Waals surface area (Å²) in [5.74, 6) is 0.646. The number of aromatic nitrogens is 4. The van der Waals surface area contributed by atoms with E-state index in [1.165, 1.54) is 6.33 Å². The van der Waals surface area contributed by atoms with Gasteiger partial charge in [0.2, 0.25) is 5.95 Å². The van der Waals surface area contributed by atoms with Crippen LogP contribution in [0.4, 0.5) is 36.3 Å². The third kappa shape index (κ3) is 8.07. The zero-order chi connectivity index (χ0) is 33.0. The Morgan fingerprint density at radius 2 is 1.74 bits per heavy atom. The lowest BCUT2D eigenvalue weighted by Crippen LogP contribution is -2.44. The second-order valence-corrected chi connectivity index (χ2v) is 12.1. The Kier molecular flexibility index (Phi) is 10.0. The average molecular weight is 636 g/mol. The van der Waals surface area contributed by atoms with E-state index in [0.717, 1.165) is 50.3 Å². The van der Waals surface area contributed by atoms with Crippen LogP contribution in [0.5, 0.6) is 0 Å². The van der Waals surface area contributed by atoms with Crippen LogP contribution in [-0.2, 0) is 12.6 Å². The van der Waals surface area contributed by atoms with E-state index in [1.54, 1.807) is 12.3 Å². The number of piperazine rings is 1.